The Morgan fingerprint density at radius 3 is 2.25 bits per heavy atom. The molecule has 0 saturated carbocycles. The fraction of sp³-hybridized carbons (Fsp3) is 0.889. The molecule has 6 nitrogen and oxygen atoms in total. The summed E-state index contributed by atoms with van der Waals surface area (Å²) in [5.74, 6) is 0. The van der Waals surface area contributed by atoms with Crippen LogP contribution in [0, 0.1) is 0 Å². The molecule has 136 valence electrons. The summed E-state index contributed by atoms with van der Waals surface area (Å²) in [6.07, 6.45) is 7.19. The van der Waals surface area contributed by atoms with Gasteiger partial charge in [0.05, 0.1) is 17.8 Å². The molecule has 1 N–H and O–H groups in total. The Labute approximate surface area is 145 Å². The molecule has 0 aliphatic carbocycles. The predicted octanol–water partition coefficient (Wildman–Crippen LogP) is 1.71. The molecule has 1 atom stereocenters. The first kappa shape index (κ1) is 17.8. The van der Waals surface area contributed by atoms with Crippen LogP contribution in [0.15, 0.2) is 6.20 Å². The van der Waals surface area contributed by atoms with Gasteiger partial charge in [-0.05, 0) is 59.5 Å². The van der Waals surface area contributed by atoms with Crippen molar-refractivity contribution in [2.75, 3.05) is 26.2 Å². The van der Waals surface area contributed by atoms with Crippen LogP contribution in [0.1, 0.15) is 58.2 Å². The van der Waals surface area contributed by atoms with Crippen LogP contribution >= 0.6 is 0 Å². The number of aliphatic hydroxyl groups excluding tert-OH is 1. The Morgan fingerprint density at radius 1 is 1.04 bits per heavy atom. The van der Waals surface area contributed by atoms with Crippen molar-refractivity contribution in [3.05, 3.63) is 11.9 Å². The van der Waals surface area contributed by atoms with E-state index < -0.39 is 0 Å². The van der Waals surface area contributed by atoms with Crippen LogP contribution in [0.5, 0.6) is 0 Å². The number of aromatic nitrogens is 3. The van der Waals surface area contributed by atoms with Crippen LogP contribution in [0.4, 0.5) is 0 Å². The molecule has 3 heterocycles. The third kappa shape index (κ3) is 4.35. The molecule has 6 heteroatoms. The summed E-state index contributed by atoms with van der Waals surface area (Å²) in [7, 11) is 0. The van der Waals surface area contributed by atoms with Crippen LogP contribution in [0.25, 0.3) is 0 Å². The molecule has 2 saturated heterocycles. The second kappa shape index (κ2) is 7.93. The SMILES string of the molecule is CC(C)N1CCC(N2CCC(n3cc(C[C@@H](C)O)nn3)CC2)CC1. The van der Waals surface area contributed by atoms with E-state index in [1.54, 1.807) is 6.92 Å². The van der Waals surface area contributed by atoms with E-state index in [4.69, 9.17) is 0 Å². The summed E-state index contributed by atoms with van der Waals surface area (Å²) >= 11 is 0. The maximum Gasteiger partial charge on any atom is 0.0852 e. The molecular weight excluding hydrogens is 302 g/mol. The van der Waals surface area contributed by atoms with Gasteiger partial charge >= 0.3 is 0 Å². The quantitative estimate of drug-likeness (QED) is 0.888. The summed E-state index contributed by atoms with van der Waals surface area (Å²) in [6, 6.07) is 1.91. The Hall–Kier alpha value is -0.980. The molecule has 0 bridgehead atoms. The molecule has 0 unspecified atom stereocenters. The van der Waals surface area contributed by atoms with Gasteiger partial charge < -0.3 is 14.9 Å². The van der Waals surface area contributed by atoms with Crippen molar-refractivity contribution in [2.45, 2.75) is 77.1 Å². The van der Waals surface area contributed by atoms with Crippen LogP contribution < -0.4 is 0 Å². The van der Waals surface area contributed by atoms with E-state index in [0.29, 0.717) is 18.5 Å². The van der Waals surface area contributed by atoms with Crippen LogP contribution in [-0.2, 0) is 6.42 Å². The second-order valence-corrected chi connectivity index (χ2v) is 7.87. The highest BCUT2D eigenvalue weighted by Crippen LogP contribution is 2.26. The predicted molar refractivity (Wildman–Crippen MR) is 95.0 cm³/mol. The van der Waals surface area contributed by atoms with E-state index in [0.717, 1.165) is 24.6 Å². The monoisotopic (exact) mass is 335 g/mol. The summed E-state index contributed by atoms with van der Waals surface area (Å²) in [5.41, 5.74) is 0.897. The molecule has 2 aliphatic rings. The number of likely N-dealkylation sites (tertiary alicyclic amines) is 2. The highest BCUT2D eigenvalue weighted by Gasteiger charge is 2.29. The standard InChI is InChI=1S/C18H33N5O/c1-14(2)21-8-4-17(5-9-21)22-10-6-18(7-11-22)23-13-16(19-20-23)12-15(3)24/h13-15,17-18,24H,4-12H2,1-3H3/t15-/m1/s1. The van der Waals surface area contributed by atoms with Crippen molar-refractivity contribution in [2.24, 2.45) is 0 Å². The lowest BCUT2D eigenvalue weighted by molar-refractivity contribution is 0.0669. The van der Waals surface area contributed by atoms with Gasteiger partial charge in [0.2, 0.25) is 0 Å². The molecule has 1 aromatic heterocycles. The largest absolute Gasteiger partial charge is 0.393 e. The summed E-state index contributed by atoms with van der Waals surface area (Å²) in [5, 5.41) is 18.0. The molecule has 3 rings (SSSR count). The zero-order chi connectivity index (χ0) is 17.1. The number of hydrogen-bond acceptors (Lipinski definition) is 5. The lowest BCUT2D eigenvalue weighted by Crippen LogP contribution is -2.49. The van der Waals surface area contributed by atoms with Gasteiger partial charge in [0.25, 0.3) is 0 Å². The van der Waals surface area contributed by atoms with Crippen molar-refractivity contribution in [3.63, 3.8) is 0 Å². The summed E-state index contributed by atoms with van der Waals surface area (Å²) in [6.45, 7) is 11.2. The van der Waals surface area contributed by atoms with Gasteiger partial charge in [-0.2, -0.15) is 0 Å². The Morgan fingerprint density at radius 2 is 1.67 bits per heavy atom. The van der Waals surface area contributed by atoms with Gasteiger partial charge in [0, 0.05) is 37.8 Å². The highest BCUT2D eigenvalue weighted by atomic mass is 16.3. The first-order chi connectivity index (χ1) is 11.5. The van der Waals surface area contributed by atoms with Crippen LogP contribution in [-0.4, -0.2) is 74.3 Å². The van der Waals surface area contributed by atoms with E-state index in [1.807, 2.05) is 10.9 Å². The number of hydrogen-bond donors (Lipinski definition) is 1. The van der Waals surface area contributed by atoms with Crippen molar-refractivity contribution in [3.8, 4) is 0 Å². The van der Waals surface area contributed by atoms with Gasteiger partial charge in [-0.25, -0.2) is 4.68 Å². The van der Waals surface area contributed by atoms with Crippen LogP contribution in [0.2, 0.25) is 0 Å². The zero-order valence-electron chi connectivity index (χ0n) is 15.4. The number of piperidine rings is 2. The Bertz CT molecular complexity index is 499. The topological polar surface area (TPSA) is 57.4 Å². The maximum absolute atomic E-state index is 9.47. The third-order valence-electron chi connectivity index (χ3n) is 5.68. The lowest BCUT2D eigenvalue weighted by Gasteiger charge is -2.42. The molecule has 0 amide bonds. The van der Waals surface area contributed by atoms with Gasteiger partial charge in [-0.1, -0.05) is 5.21 Å². The molecule has 2 fully saturated rings. The highest BCUT2D eigenvalue weighted by molar-refractivity contribution is 4.96. The van der Waals surface area contributed by atoms with Crippen molar-refractivity contribution in [1.82, 2.24) is 24.8 Å². The minimum Gasteiger partial charge on any atom is -0.393 e. The minimum absolute atomic E-state index is 0.353. The molecule has 24 heavy (non-hydrogen) atoms. The van der Waals surface area contributed by atoms with Gasteiger partial charge in [0.1, 0.15) is 0 Å². The summed E-state index contributed by atoms with van der Waals surface area (Å²) in [4.78, 5) is 5.30. The molecule has 0 spiro atoms. The van der Waals surface area contributed by atoms with Crippen molar-refractivity contribution < 1.29 is 5.11 Å². The van der Waals surface area contributed by atoms with Gasteiger partial charge in [-0.3, -0.25) is 0 Å². The molecular formula is C18H33N5O. The second-order valence-electron chi connectivity index (χ2n) is 7.87. The van der Waals surface area contributed by atoms with Gasteiger partial charge in [0.15, 0.2) is 0 Å². The molecule has 0 radical (unpaired) electrons. The number of aliphatic hydroxyl groups is 1. The van der Waals surface area contributed by atoms with E-state index in [-0.39, 0.29) is 6.10 Å². The molecule has 1 aromatic rings. The average molecular weight is 335 g/mol. The summed E-state index contributed by atoms with van der Waals surface area (Å²) < 4.78 is 2.02. The van der Waals surface area contributed by atoms with Crippen molar-refractivity contribution in [1.29, 1.82) is 0 Å². The first-order valence-corrected chi connectivity index (χ1v) is 9.60. The van der Waals surface area contributed by atoms with Gasteiger partial charge in [-0.15, -0.1) is 5.10 Å². The average Bonchev–Trinajstić information content (AvgIpc) is 3.03. The lowest BCUT2D eigenvalue weighted by atomic mass is 9.97. The Balaban J connectivity index is 1.47. The molecule has 2 aliphatic heterocycles. The van der Waals surface area contributed by atoms with E-state index in [9.17, 15) is 5.11 Å². The Kier molecular flexibility index (Phi) is 5.89. The number of nitrogens with zero attached hydrogens (tertiary/aromatic N) is 5. The van der Waals surface area contributed by atoms with Crippen LogP contribution in [0.3, 0.4) is 0 Å². The fourth-order valence-corrected chi connectivity index (χ4v) is 4.17. The normalized spacial score (nSPS) is 23.9. The third-order valence-corrected chi connectivity index (χ3v) is 5.68. The van der Waals surface area contributed by atoms with E-state index in [2.05, 4.69) is 34.0 Å². The first-order valence-electron chi connectivity index (χ1n) is 9.60. The fourth-order valence-electron chi connectivity index (χ4n) is 4.17. The number of rotatable bonds is 5. The van der Waals surface area contributed by atoms with Crippen molar-refractivity contribution >= 4 is 0 Å². The minimum atomic E-state index is -0.353. The maximum atomic E-state index is 9.47. The van der Waals surface area contributed by atoms with E-state index >= 15 is 0 Å². The van der Waals surface area contributed by atoms with E-state index in [1.165, 1.54) is 39.0 Å². The molecule has 0 aromatic carbocycles. The zero-order valence-corrected chi connectivity index (χ0v) is 15.4. The smallest absolute Gasteiger partial charge is 0.0852 e.